The summed E-state index contributed by atoms with van der Waals surface area (Å²) in [4.78, 5) is 24.5. The highest BCUT2D eigenvalue weighted by atomic mass is 16.5. The number of benzene rings is 1. The fourth-order valence-corrected chi connectivity index (χ4v) is 2.19. The van der Waals surface area contributed by atoms with Crippen LogP contribution in [0.2, 0.25) is 0 Å². The number of ether oxygens (including phenoxy) is 1. The molecule has 0 aliphatic heterocycles. The fraction of sp³-hybridized carbons (Fsp3) is 0.158. The second-order valence-electron chi connectivity index (χ2n) is 5.61. The van der Waals surface area contributed by atoms with Gasteiger partial charge in [-0.15, -0.1) is 0 Å². The van der Waals surface area contributed by atoms with E-state index in [2.05, 4.69) is 25.6 Å². The highest BCUT2D eigenvalue weighted by molar-refractivity contribution is 5.93. The first-order chi connectivity index (χ1) is 12.7. The monoisotopic (exact) mass is 349 g/mol. The van der Waals surface area contributed by atoms with E-state index in [1.807, 2.05) is 43.3 Å². The SMILES string of the molecule is C[C@H](CNC(=O)c1cnc(Nc2ccccc2)nc1)Oc1cccnc1. The largest absolute Gasteiger partial charge is 0.487 e. The second kappa shape index (κ2) is 8.57. The lowest BCUT2D eigenvalue weighted by molar-refractivity contribution is 0.0931. The molecule has 1 amide bonds. The predicted octanol–water partition coefficient (Wildman–Crippen LogP) is 2.81. The van der Waals surface area contributed by atoms with Gasteiger partial charge in [0.25, 0.3) is 5.91 Å². The van der Waals surface area contributed by atoms with Crippen molar-refractivity contribution in [1.29, 1.82) is 0 Å². The first kappa shape index (κ1) is 17.3. The summed E-state index contributed by atoms with van der Waals surface area (Å²) in [5.41, 5.74) is 1.27. The van der Waals surface area contributed by atoms with Gasteiger partial charge in [-0.05, 0) is 31.2 Å². The third kappa shape index (κ3) is 5.01. The van der Waals surface area contributed by atoms with Gasteiger partial charge in [0.1, 0.15) is 11.9 Å². The van der Waals surface area contributed by atoms with Crippen LogP contribution in [0.1, 0.15) is 17.3 Å². The molecule has 0 fully saturated rings. The lowest BCUT2D eigenvalue weighted by atomic mass is 10.3. The lowest BCUT2D eigenvalue weighted by Gasteiger charge is -2.15. The van der Waals surface area contributed by atoms with Gasteiger partial charge in [0, 0.05) is 24.3 Å². The highest BCUT2D eigenvalue weighted by Crippen LogP contribution is 2.11. The summed E-state index contributed by atoms with van der Waals surface area (Å²) < 4.78 is 5.67. The zero-order chi connectivity index (χ0) is 18.2. The zero-order valence-electron chi connectivity index (χ0n) is 14.3. The quantitative estimate of drug-likeness (QED) is 0.682. The van der Waals surface area contributed by atoms with Crippen molar-refractivity contribution < 1.29 is 9.53 Å². The van der Waals surface area contributed by atoms with Crippen LogP contribution in [0.3, 0.4) is 0 Å². The fourth-order valence-electron chi connectivity index (χ4n) is 2.19. The van der Waals surface area contributed by atoms with E-state index in [-0.39, 0.29) is 12.0 Å². The third-order valence-corrected chi connectivity index (χ3v) is 3.47. The number of para-hydroxylation sites is 1. The van der Waals surface area contributed by atoms with Gasteiger partial charge in [0.05, 0.1) is 18.3 Å². The minimum atomic E-state index is -0.252. The van der Waals surface area contributed by atoms with Gasteiger partial charge in [-0.1, -0.05) is 18.2 Å². The second-order valence-corrected chi connectivity index (χ2v) is 5.61. The molecule has 2 N–H and O–H groups in total. The molecule has 0 aliphatic rings. The van der Waals surface area contributed by atoms with E-state index in [0.29, 0.717) is 23.8 Å². The Kier molecular flexibility index (Phi) is 5.72. The number of carbonyl (C=O) groups excluding carboxylic acids is 1. The van der Waals surface area contributed by atoms with Gasteiger partial charge in [-0.3, -0.25) is 9.78 Å². The van der Waals surface area contributed by atoms with E-state index >= 15 is 0 Å². The average Bonchev–Trinajstić information content (AvgIpc) is 2.68. The Labute approximate surface area is 151 Å². The van der Waals surface area contributed by atoms with E-state index in [1.165, 1.54) is 12.4 Å². The number of nitrogens with one attached hydrogen (secondary N) is 2. The Morgan fingerprint density at radius 1 is 1.08 bits per heavy atom. The number of carbonyl (C=O) groups is 1. The average molecular weight is 349 g/mol. The molecular weight excluding hydrogens is 330 g/mol. The van der Waals surface area contributed by atoms with E-state index in [1.54, 1.807) is 18.5 Å². The smallest absolute Gasteiger partial charge is 0.254 e. The summed E-state index contributed by atoms with van der Waals surface area (Å²) in [6.07, 6.45) is 6.09. The number of hydrogen-bond acceptors (Lipinski definition) is 6. The summed E-state index contributed by atoms with van der Waals surface area (Å²) in [7, 11) is 0. The molecule has 1 atom stereocenters. The molecule has 2 aromatic heterocycles. The molecule has 0 saturated heterocycles. The molecule has 0 saturated carbocycles. The zero-order valence-corrected chi connectivity index (χ0v) is 14.3. The van der Waals surface area contributed by atoms with Gasteiger partial charge < -0.3 is 15.4 Å². The number of aromatic nitrogens is 3. The minimum Gasteiger partial charge on any atom is -0.487 e. The number of rotatable bonds is 7. The molecule has 0 aliphatic carbocycles. The maximum atomic E-state index is 12.2. The van der Waals surface area contributed by atoms with Crippen molar-refractivity contribution >= 4 is 17.5 Å². The Hall–Kier alpha value is -3.48. The number of hydrogen-bond donors (Lipinski definition) is 2. The van der Waals surface area contributed by atoms with Gasteiger partial charge in [-0.25, -0.2) is 9.97 Å². The number of anilines is 2. The van der Waals surface area contributed by atoms with Gasteiger partial charge >= 0.3 is 0 Å². The molecule has 0 spiro atoms. The normalized spacial score (nSPS) is 11.4. The molecule has 0 bridgehead atoms. The van der Waals surface area contributed by atoms with E-state index < -0.39 is 0 Å². The summed E-state index contributed by atoms with van der Waals surface area (Å²) in [5.74, 6) is 0.841. The van der Waals surface area contributed by atoms with Crippen molar-refractivity contribution in [3.63, 3.8) is 0 Å². The van der Waals surface area contributed by atoms with Crippen LogP contribution in [-0.4, -0.2) is 33.5 Å². The van der Waals surface area contributed by atoms with Crippen molar-refractivity contribution in [3.8, 4) is 5.75 Å². The van der Waals surface area contributed by atoms with Crippen LogP contribution >= 0.6 is 0 Å². The van der Waals surface area contributed by atoms with Crippen LogP contribution in [0, 0.1) is 0 Å². The van der Waals surface area contributed by atoms with Crippen LogP contribution in [0.25, 0.3) is 0 Å². The van der Waals surface area contributed by atoms with Crippen molar-refractivity contribution in [2.24, 2.45) is 0 Å². The Morgan fingerprint density at radius 3 is 2.54 bits per heavy atom. The first-order valence-electron chi connectivity index (χ1n) is 8.20. The molecule has 7 nitrogen and oxygen atoms in total. The molecule has 132 valence electrons. The first-order valence-corrected chi connectivity index (χ1v) is 8.20. The Bertz CT molecular complexity index is 826. The van der Waals surface area contributed by atoms with E-state index in [4.69, 9.17) is 4.74 Å². The van der Waals surface area contributed by atoms with Crippen molar-refractivity contribution in [3.05, 3.63) is 72.8 Å². The molecule has 0 unspecified atom stereocenters. The van der Waals surface area contributed by atoms with Crippen molar-refractivity contribution in [2.75, 3.05) is 11.9 Å². The maximum Gasteiger partial charge on any atom is 0.254 e. The van der Waals surface area contributed by atoms with Crippen LogP contribution in [0.4, 0.5) is 11.6 Å². The van der Waals surface area contributed by atoms with E-state index in [9.17, 15) is 4.79 Å². The van der Waals surface area contributed by atoms with Crippen LogP contribution in [0.5, 0.6) is 5.75 Å². The standard InChI is InChI=1S/C19H19N5O2/c1-14(26-17-8-5-9-20-13-17)10-21-18(25)15-11-22-19(23-12-15)24-16-6-3-2-4-7-16/h2-9,11-14H,10H2,1H3,(H,21,25)(H,22,23,24)/t14-/m1/s1. The molecule has 1 aromatic carbocycles. The van der Waals surface area contributed by atoms with Crippen LogP contribution in [-0.2, 0) is 0 Å². The topological polar surface area (TPSA) is 89.0 Å². The summed E-state index contributed by atoms with van der Waals surface area (Å²) >= 11 is 0. The predicted molar refractivity (Wildman–Crippen MR) is 98.4 cm³/mol. The van der Waals surface area contributed by atoms with Gasteiger partial charge in [-0.2, -0.15) is 0 Å². The minimum absolute atomic E-state index is 0.192. The van der Waals surface area contributed by atoms with Gasteiger partial charge in [0.15, 0.2) is 0 Å². The Morgan fingerprint density at radius 2 is 1.85 bits per heavy atom. The molecule has 7 heteroatoms. The summed E-state index contributed by atoms with van der Waals surface area (Å²) in [6.45, 7) is 2.23. The molecular formula is C19H19N5O2. The number of pyridine rings is 1. The third-order valence-electron chi connectivity index (χ3n) is 3.47. The highest BCUT2D eigenvalue weighted by Gasteiger charge is 2.10. The molecule has 0 radical (unpaired) electrons. The van der Waals surface area contributed by atoms with Crippen molar-refractivity contribution in [2.45, 2.75) is 13.0 Å². The molecule has 26 heavy (non-hydrogen) atoms. The van der Waals surface area contributed by atoms with Gasteiger partial charge in [0.2, 0.25) is 5.95 Å². The van der Waals surface area contributed by atoms with Crippen LogP contribution < -0.4 is 15.4 Å². The number of nitrogens with zero attached hydrogens (tertiary/aromatic N) is 3. The number of amides is 1. The molecule has 3 aromatic rings. The summed E-state index contributed by atoms with van der Waals surface area (Å²) in [5, 5.41) is 5.87. The van der Waals surface area contributed by atoms with E-state index in [0.717, 1.165) is 5.69 Å². The Balaban J connectivity index is 1.50. The maximum absolute atomic E-state index is 12.2. The molecule has 3 rings (SSSR count). The van der Waals surface area contributed by atoms with Crippen LogP contribution in [0.15, 0.2) is 67.3 Å². The molecule has 2 heterocycles. The van der Waals surface area contributed by atoms with Crippen molar-refractivity contribution in [1.82, 2.24) is 20.3 Å². The summed E-state index contributed by atoms with van der Waals surface area (Å²) in [6, 6.07) is 13.2. The lowest BCUT2D eigenvalue weighted by Crippen LogP contribution is -2.33.